The van der Waals surface area contributed by atoms with Gasteiger partial charge in [0.1, 0.15) is 6.04 Å². The van der Waals surface area contributed by atoms with Crippen molar-refractivity contribution in [3.63, 3.8) is 0 Å². The summed E-state index contributed by atoms with van der Waals surface area (Å²) in [6, 6.07) is 4.62. The summed E-state index contributed by atoms with van der Waals surface area (Å²) in [5, 5.41) is 10.1. The number of furan rings is 1. The number of amides is 2. The maximum absolute atomic E-state index is 12.5. The zero-order chi connectivity index (χ0) is 19.3. The molecular weight excluding hydrogens is 332 g/mol. The lowest BCUT2D eigenvalue weighted by molar-refractivity contribution is -0.124. The summed E-state index contributed by atoms with van der Waals surface area (Å²) >= 11 is 0. The summed E-state index contributed by atoms with van der Waals surface area (Å²) in [7, 11) is 0. The molecule has 0 saturated carbocycles. The number of hydrogen-bond donors (Lipinski definition) is 2. The minimum Gasteiger partial charge on any atom is -0.459 e. The minimum atomic E-state index is -0.617. The number of carbonyl (C=O) groups is 2. The van der Waals surface area contributed by atoms with E-state index in [0.29, 0.717) is 6.54 Å². The monoisotopic (exact) mass is 360 g/mol. The van der Waals surface area contributed by atoms with Crippen LogP contribution in [0.4, 0.5) is 0 Å². The molecule has 0 bridgehead atoms. The molecule has 2 N–H and O–H groups in total. The summed E-state index contributed by atoms with van der Waals surface area (Å²) in [6.07, 6.45) is 1.43. The molecule has 7 heteroatoms. The second kappa shape index (κ2) is 8.69. The summed E-state index contributed by atoms with van der Waals surface area (Å²) in [6.45, 7) is 11.1. The van der Waals surface area contributed by atoms with Gasteiger partial charge in [0.05, 0.1) is 12.0 Å². The molecule has 26 heavy (non-hydrogen) atoms. The van der Waals surface area contributed by atoms with Gasteiger partial charge in [0, 0.05) is 18.8 Å². The Morgan fingerprint density at radius 3 is 2.54 bits per heavy atom. The molecule has 7 nitrogen and oxygen atoms in total. The number of rotatable bonds is 8. The standard InChI is InChI=1S/C19H28N4O3/c1-12(2)17(21-18(24)16-7-6-8-26-16)19(25)20-10-13(3)11-23-15(5)9-14(4)22-23/h6-9,12-13,17H,10-11H2,1-5H3,(H,20,25)(H,21,24). The SMILES string of the molecule is Cc1cc(C)n(CC(C)CNC(=O)C(NC(=O)c2ccco2)C(C)C)n1. The van der Waals surface area contributed by atoms with E-state index in [-0.39, 0.29) is 29.4 Å². The number of hydrogen-bond acceptors (Lipinski definition) is 4. The largest absolute Gasteiger partial charge is 0.459 e. The molecule has 0 aliphatic rings. The molecule has 0 saturated heterocycles. The first kappa shape index (κ1) is 19.8. The average molecular weight is 360 g/mol. The van der Waals surface area contributed by atoms with E-state index >= 15 is 0 Å². The predicted molar refractivity (Wildman–Crippen MR) is 98.7 cm³/mol. The molecule has 2 aromatic rings. The third kappa shape index (κ3) is 5.21. The van der Waals surface area contributed by atoms with Gasteiger partial charge in [0.2, 0.25) is 5.91 Å². The van der Waals surface area contributed by atoms with Crippen molar-refractivity contribution in [2.45, 2.75) is 47.2 Å². The Morgan fingerprint density at radius 2 is 2.00 bits per heavy atom. The number of aryl methyl sites for hydroxylation is 2. The van der Waals surface area contributed by atoms with Crippen molar-refractivity contribution in [1.29, 1.82) is 0 Å². The van der Waals surface area contributed by atoms with Gasteiger partial charge in [-0.3, -0.25) is 14.3 Å². The van der Waals surface area contributed by atoms with E-state index in [0.717, 1.165) is 17.9 Å². The summed E-state index contributed by atoms with van der Waals surface area (Å²) in [5.41, 5.74) is 2.09. The van der Waals surface area contributed by atoms with Gasteiger partial charge >= 0.3 is 0 Å². The van der Waals surface area contributed by atoms with Crippen LogP contribution in [0.15, 0.2) is 28.9 Å². The van der Waals surface area contributed by atoms with Crippen LogP contribution in [0.25, 0.3) is 0 Å². The van der Waals surface area contributed by atoms with Crippen molar-refractivity contribution in [2.24, 2.45) is 11.8 Å². The van der Waals surface area contributed by atoms with Crippen molar-refractivity contribution in [1.82, 2.24) is 20.4 Å². The minimum absolute atomic E-state index is 0.0415. The Labute approximate surface area is 154 Å². The van der Waals surface area contributed by atoms with Crippen LogP contribution in [0, 0.1) is 25.7 Å². The molecule has 2 amide bonds. The quantitative estimate of drug-likeness (QED) is 0.756. The fourth-order valence-corrected chi connectivity index (χ4v) is 2.76. The smallest absolute Gasteiger partial charge is 0.287 e. The molecule has 0 aliphatic carbocycles. The zero-order valence-corrected chi connectivity index (χ0v) is 16.1. The van der Waals surface area contributed by atoms with Crippen molar-refractivity contribution < 1.29 is 14.0 Å². The van der Waals surface area contributed by atoms with Crippen LogP contribution in [-0.2, 0) is 11.3 Å². The third-order valence-electron chi connectivity index (χ3n) is 4.19. The van der Waals surface area contributed by atoms with E-state index in [4.69, 9.17) is 4.42 Å². The Morgan fingerprint density at radius 1 is 1.27 bits per heavy atom. The van der Waals surface area contributed by atoms with Crippen LogP contribution in [0.2, 0.25) is 0 Å². The molecule has 0 radical (unpaired) electrons. The van der Waals surface area contributed by atoms with Crippen molar-refractivity contribution in [3.8, 4) is 0 Å². The van der Waals surface area contributed by atoms with Crippen LogP contribution in [0.5, 0.6) is 0 Å². The van der Waals surface area contributed by atoms with Crippen LogP contribution < -0.4 is 10.6 Å². The molecular formula is C19H28N4O3. The molecule has 0 aliphatic heterocycles. The van der Waals surface area contributed by atoms with Gasteiger partial charge in [-0.1, -0.05) is 20.8 Å². The Hall–Kier alpha value is -2.57. The fraction of sp³-hybridized carbons (Fsp3) is 0.526. The van der Waals surface area contributed by atoms with E-state index in [9.17, 15) is 9.59 Å². The third-order valence-corrected chi connectivity index (χ3v) is 4.19. The van der Waals surface area contributed by atoms with Gasteiger partial charge in [-0.25, -0.2) is 0 Å². The summed E-state index contributed by atoms with van der Waals surface area (Å²) < 4.78 is 7.03. The molecule has 0 aromatic carbocycles. The number of carbonyl (C=O) groups excluding carboxylic acids is 2. The number of nitrogens with zero attached hydrogens (tertiary/aromatic N) is 2. The van der Waals surface area contributed by atoms with E-state index in [2.05, 4.69) is 22.7 Å². The first-order chi connectivity index (χ1) is 12.3. The van der Waals surface area contributed by atoms with Gasteiger partial charge in [-0.05, 0) is 43.9 Å². The zero-order valence-electron chi connectivity index (χ0n) is 16.1. The lowest BCUT2D eigenvalue weighted by atomic mass is 10.0. The maximum atomic E-state index is 12.5. The second-order valence-electron chi connectivity index (χ2n) is 7.13. The van der Waals surface area contributed by atoms with E-state index in [1.165, 1.54) is 6.26 Å². The fourth-order valence-electron chi connectivity index (χ4n) is 2.76. The molecule has 142 valence electrons. The topological polar surface area (TPSA) is 89.2 Å². The highest BCUT2D eigenvalue weighted by Crippen LogP contribution is 2.08. The highest BCUT2D eigenvalue weighted by atomic mass is 16.3. The summed E-state index contributed by atoms with van der Waals surface area (Å²) in [4.78, 5) is 24.7. The first-order valence-electron chi connectivity index (χ1n) is 8.91. The first-order valence-corrected chi connectivity index (χ1v) is 8.91. The lowest BCUT2D eigenvalue weighted by Gasteiger charge is -2.22. The molecule has 2 unspecified atom stereocenters. The highest BCUT2D eigenvalue weighted by Gasteiger charge is 2.25. The van der Waals surface area contributed by atoms with Gasteiger partial charge in [-0.2, -0.15) is 5.10 Å². The average Bonchev–Trinajstić information content (AvgIpc) is 3.20. The summed E-state index contributed by atoms with van der Waals surface area (Å²) in [5.74, 6) is -0.216. The molecule has 2 atom stereocenters. The van der Waals surface area contributed by atoms with E-state index in [1.54, 1.807) is 12.1 Å². The number of nitrogens with one attached hydrogen (secondary N) is 2. The normalized spacial score (nSPS) is 13.5. The van der Waals surface area contributed by atoms with Gasteiger partial charge < -0.3 is 15.1 Å². The number of aromatic nitrogens is 2. The highest BCUT2D eigenvalue weighted by molar-refractivity contribution is 5.95. The van der Waals surface area contributed by atoms with Crippen LogP contribution >= 0.6 is 0 Å². The van der Waals surface area contributed by atoms with Crippen LogP contribution in [0.3, 0.4) is 0 Å². The Bertz CT molecular complexity index is 734. The van der Waals surface area contributed by atoms with E-state index in [1.807, 2.05) is 38.4 Å². The molecule has 2 aromatic heterocycles. The Kier molecular flexibility index (Phi) is 6.60. The van der Waals surface area contributed by atoms with Gasteiger partial charge in [0.25, 0.3) is 5.91 Å². The van der Waals surface area contributed by atoms with Crippen molar-refractivity contribution in [3.05, 3.63) is 41.6 Å². The second-order valence-corrected chi connectivity index (χ2v) is 7.13. The Balaban J connectivity index is 1.88. The maximum Gasteiger partial charge on any atom is 0.287 e. The lowest BCUT2D eigenvalue weighted by Crippen LogP contribution is -2.50. The molecule has 2 rings (SSSR count). The molecule has 0 spiro atoms. The van der Waals surface area contributed by atoms with Gasteiger partial charge in [-0.15, -0.1) is 0 Å². The van der Waals surface area contributed by atoms with Crippen molar-refractivity contribution >= 4 is 11.8 Å². The predicted octanol–water partition coefficient (Wildman–Crippen LogP) is 2.30. The van der Waals surface area contributed by atoms with Crippen LogP contribution in [0.1, 0.15) is 42.7 Å². The molecule has 0 fully saturated rings. The molecule has 2 heterocycles. The van der Waals surface area contributed by atoms with Crippen molar-refractivity contribution in [2.75, 3.05) is 6.54 Å². The van der Waals surface area contributed by atoms with Gasteiger partial charge in [0.15, 0.2) is 5.76 Å². The van der Waals surface area contributed by atoms with E-state index < -0.39 is 6.04 Å². The van der Waals surface area contributed by atoms with Crippen LogP contribution in [-0.4, -0.2) is 34.2 Å².